The van der Waals surface area contributed by atoms with E-state index in [4.69, 9.17) is 9.47 Å². The highest BCUT2D eigenvalue weighted by atomic mass is 16.5. The van der Waals surface area contributed by atoms with Gasteiger partial charge in [0.2, 0.25) is 0 Å². The van der Waals surface area contributed by atoms with Gasteiger partial charge in [0.05, 0.1) is 12.1 Å². The molecule has 0 unspecified atom stereocenters. The van der Waals surface area contributed by atoms with Gasteiger partial charge in [-0.05, 0) is 57.0 Å². The zero-order valence-electron chi connectivity index (χ0n) is 16.6. The third kappa shape index (κ3) is 4.26. The molecule has 0 aliphatic carbocycles. The SMILES string of the molecule is CCC1(CC)C[C@H](NC(=O)c2ccc(OC(C)C)cc2)c2ccccc2O1. The van der Waals surface area contributed by atoms with Gasteiger partial charge in [-0.1, -0.05) is 32.0 Å². The lowest BCUT2D eigenvalue weighted by Crippen LogP contribution is -2.44. The zero-order chi connectivity index (χ0) is 19.4. The smallest absolute Gasteiger partial charge is 0.251 e. The predicted molar refractivity (Wildman–Crippen MR) is 107 cm³/mol. The third-order valence-corrected chi connectivity index (χ3v) is 5.28. The van der Waals surface area contributed by atoms with Crippen LogP contribution in [0.1, 0.15) is 68.9 Å². The largest absolute Gasteiger partial charge is 0.491 e. The number of hydrogen-bond donors (Lipinski definition) is 1. The summed E-state index contributed by atoms with van der Waals surface area (Å²) in [5.74, 6) is 1.57. The first-order valence-electron chi connectivity index (χ1n) is 9.82. The average molecular weight is 367 g/mol. The molecule has 4 nitrogen and oxygen atoms in total. The summed E-state index contributed by atoms with van der Waals surface area (Å²) in [5, 5.41) is 3.22. The molecule has 2 aromatic carbocycles. The van der Waals surface area contributed by atoms with Crippen LogP contribution in [-0.4, -0.2) is 17.6 Å². The van der Waals surface area contributed by atoms with Crippen LogP contribution in [0.3, 0.4) is 0 Å². The highest BCUT2D eigenvalue weighted by molar-refractivity contribution is 5.94. The Morgan fingerprint density at radius 3 is 2.44 bits per heavy atom. The molecule has 1 aliphatic heterocycles. The van der Waals surface area contributed by atoms with E-state index in [-0.39, 0.29) is 23.7 Å². The van der Waals surface area contributed by atoms with E-state index in [9.17, 15) is 4.79 Å². The van der Waals surface area contributed by atoms with Crippen LogP contribution in [0.4, 0.5) is 0 Å². The fraction of sp³-hybridized carbons (Fsp3) is 0.435. The van der Waals surface area contributed by atoms with Crippen molar-refractivity contribution in [1.29, 1.82) is 0 Å². The Balaban J connectivity index is 1.80. The molecule has 0 radical (unpaired) electrons. The first kappa shape index (κ1) is 19.3. The second kappa shape index (κ2) is 8.03. The van der Waals surface area contributed by atoms with Gasteiger partial charge >= 0.3 is 0 Å². The lowest BCUT2D eigenvalue weighted by atomic mass is 9.83. The van der Waals surface area contributed by atoms with E-state index in [0.717, 1.165) is 36.3 Å². The molecule has 4 heteroatoms. The first-order chi connectivity index (χ1) is 13.0. The Morgan fingerprint density at radius 2 is 1.81 bits per heavy atom. The third-order valence-electron chi connectivity index (χ3n) is 5.28. The summed E-state index contributed by atoms with van der Waals surface area (Å²) >= 11 is 0. The van der Waals surface area contributed by atoms with Gasteiger partial charge in [-0.2, -0.15) is 0 Å². The Kier molecular flexibility index (Phi) is 5.73. The summed E-state index contributed by atoms with van der Waals surface area (Å²) in [6.45, 7) is 8.25. The molecule has 0 saturated carbocycles. The van der Waals surface area contributed by atoms with Gasteiger partial charge in [0.15, 0.2) is 0 Å². The quantitative estimate of drug-likeness (QED) is 0.755. The summed E-state index contributed by atoms with van der Waals surface area (Å²) in [4.78, 5) is 12.9. The maximum atomic E-state index is 12.9. The van der Waals surface area contributed by atoms with Gasteiger partial charge < -0.3 is 14.8 Å². The molecular formula is C23H29NO3. The van der Waals surface area contributed by atoms with Crippen molar-refractivity contribution in [1.82, 2.24) is 5.32 Å². The molecule has 1 atom stereocenters. The molecular weight excluding hydrogens is 338 g/mol. The van der Waals surface area contributed by atoms with Crippen molar-refractivity contribution in [2.45, 2.75) is 64.7 Å². The van der Waals surface area contributed by atoms with Crippen LogP contribution >= 0.6 is 0 Å². The number of fused-ring (bicyclic) bond motifs is 1. The number of rotatable bonds is 6. The zero-order valence-corrected chi connectivity index (χ0v) is 16.6. The highest BCUT2D eigenvalue weighted by Crippen LogP contribution is 2.42. The molecule has 1 amide bonds. The maximum Gasteiger partial charge on any atom is 0.251 e. The van der Waals surface area contributed by atoms with Gasteiger partial charge in [0.1, 0.15) is 17.1 Å². The minimum Gasteiger partial charge on any atom is -0.491 e. The molecule has 1 heterocycles. The molecule has 0 aromatic heterocycles. The Labute approximate surface area is 161 Å². The minimum absolute atomic E-state index is 0.0612. The van der Waals surface area contributed by atoms with Crippen molar-refractivity contribution in [3.05, 3.63) is 59.7 Å². The summed E-state index contributed by atoms with van der Waals surface area (Å²) in [5.41, 5.74) is 1.44. The van der Waals surface area contributed by atoms with E-state index in [1.165, 1.54) is 0 Å². The van der Waals surface area contributed by atoms with Gasteiger partial charge in [-0.3, -0.25) is 4.79 Å². The molecule has 1 N–H and O–H groups in total. The first-order valence-corrected chi connectivity index (χ1v) is 9.82. The van der Waals surface area contributed by atoms with Crippen molar-refractivity contribution < 1.29 is 14.3 Å². The van der Waals surface area contributed by atoms with Gasteiger partial charge in [0.25, 0.3) is 5.91 Å². The predicted octanol–water partition coefficient (Wildman–Crippen LogP) is 5.29. The van der Waals surface area contributed by atoms with E-state index in [0.29, 0.717) is 5.56 Å². The van der Waals surface area contributed by atoms with E-state index in [1.807, 2.05) is 62.4 Å². The normalized spacial score (nSPS) is 17.7. The number of carbonyl (C=O) groups excluding carboxylic acids is 1. The monoisotopic (exact) mass is 367 g/mol. The van der Waals surface area contributed by atoms with Crippen LogP contribution in [-0.2, 0) is 0 Å². The minimum atomic E-state index is -0.235. The van der Waals surface area contributed by atoms with Crippen molar-refractivity contribution in [3.63, 3.8) is 0 Å². The van der Waals surface area contributed by atoms with Gasteiger partial charge in [-0.25, -0.2) is 0 Å². The van der Waals surface area contributed by atoms with E-state index in [1.54, 1.807) is 0 Å². The van der Waals surface area contributed by atoms with Gasteiger partial charge in [-0.15, -0.1) is 0 Å². The molecule has 0 fully saturated rings. The standard InChI is InChI=1S/C23H29NO3/c1-5-23(6-2)15-20(19-9-7-8-10-21(19)27-23)24-22(25)17-11-13-18(14-12-17)26-16(3)4/h7-14,16,20H,5-6,15H2,1-4H3,(H,24,25)/t20-/m0/s1. The highest BCUT2D eigenvalue weighted by Gasteiger charge is 2.38. The Hall–Kier alpha value is -2.49. The average Bonchev–Trinajstić information content (AvgIpc) is 2.67. The number of hydrogen-bond acceptors (Lipinski definition) is 3. The molecule has 0 bridgehead atoms. The number of amides is 1. The second-order valence-electron chi connectivity index (χ2n) is 7.45. The van der Waals surface area contributed by atoms with Crippen molar-refractivity contribution in [3.8, 4) is 11.5 Å². The van der Waals surface area contributed by atoms with Crippen molar-refractivity contribution >= 4 is 5.91 Å². The van der Waals surface area contributed by atoms with Crippen LogP contribution in [0, 0.1) is 0 Å². The van der Waals surface area contributed by atoms with Crippen molar-refractivity contribution in [2.75, 3.05) is 0 Å². The van der Waals surface area contributed by atoms with Crippen molar-refractivity contribution in [2.24, 2.45) is 0 Å². The second-order valence-corrected chi connectivity index (χ2v) is 7.45. The van der Waals surface area contributed by atoms with Crippen LogP contribution in [0.2, 0.25) is 0 Å². The van der Waals surface area contributed by atoms with E-state index in [2.05, 4.69) is 19.2 Å². The summed E-state index contributed by atoms with van der Waals surface area (Å²) in [7, 11) is 0. The molecule has 2 aromatic rings. The molecule has 1 aliphatic rings. The lowest BCUT2D eigenvalue weighted by Gasteiger charge is -2.41. The summed E-state index contributed by atoms with van der Waals surface area (Å²) < 4.78 is 12.0. The molecule has 0 saturated heterocycles. The van der Waals surface area contributed by atoms with Crippen LogP contribution in [0.15, 0.2) is 48.5 Å². The summed E-state index contributed by atoms with van der Waals surface area (Å²) in [6.07, 6.45) is 2.70. The van der Waals surface area contributed by atoms with Gasteiger partial charge in [0, 0.05) is 17.5 Å². The van der Waals surface area contributed by atoms with E-state index >= 15 is 0 Å². The number of para-hydroxylation sites is 1. The number of nitrogens with one attached hydrogen (secondary N) is 1. The summed E-state index contributed by atoms with van der Waals surface area (Å²) in [6, 6.07) is 15.2. The molecule has 3 rings (SSSR count). The van der Waals surface area contributed by atoms with E-state index < -0.39 is 0 Å². The molecule has 0 spiro atoms. The fourth-order valence-corrected chi connectivity index (χ4v) is 3.63. The molecule has 144 valence electrons. The number of carbonyl (C=O) groups is 1. The maximum absolute atomic E-state index is 12.9. The topological polar surface area (TPSA) is 47.6 Å². The van der Waals surface area contributed by atoms with Crippen LogP contribution in [0.25, 0.3) is 0 Å². The fourth-order valence-electron chi connectivity index (χ4n) is 3.63. The molecule has 27 heavy (non-hydrogen) atoms. The Morgan fingerprint density at radius 1 is 1.15 bits per heavy atom. The van der Waals surface area contributed by atoms with Crippen LogP contribution < -0.4 is 14.8 Å². The Bertz CT molecular complexity index is 778. The van der Waals surface area contributed by atoms with Crippen LogP contribution in [0.5, 0.6) is 11.5 Å². The number of ether oxygens (including phenoxy) is 2. The lowest BCUT2D eigenvalue weighted by molar-refractivity contribution is 0.0227. The number of benzene rings is 2.